The molecule has 0 fully saturated rings. The second-order valence-corrected chi connectivity index (χ2v) is 4.98. The normalized spacial score (nSPS) is 11.1. The van der Waals surface area contributed by atoms with E-state index in [1.54, 1.807) is 26.2 Å². The summed E-state index contributed by atoms with van der Waals surface area (Å²) in [6, 6.07) is 5.33. The number of halogens is 1. The molecule has 0 unspecified atom stereocenters. The number of benzene rings is 1. The summed E-state index contributed by atoms with van der Waals surface area (Å²) in [4.78, 5) is 24.3. The largest absolute Gasteiger partial charge is 0.331 e. The van der Waals surface area contributed by atoms with Gasteiger partial charge in [-0.2, -0.15) is 0 Å². The molecule has 0 spiro atoms. The maximum atomic E-state index is 12.3. The second kappa shape index (κ2) is 5.07. The van der Waals surface area contributed by atoms with Gasteiger partial charge in [0.1, 0.15) is 0 Å². The molecule has 1 aromatic heterocycles. The van der Waals surface area contributed by atoms with Crippen molar-refractivity contribution < 1.29 is 0 Å². The standard InChI is InChI=1S/C12H14BrN3O2/c1-14-5-6-16-11(17)9-7-8(13)3-4-10(9)15(2)12(16)18/h3-4,7,14H,5-6H2,1-2H3. The van der Waals surface area contributed by atoms with Gasteiger partial charge >= 0.3 is 5.69 Å². The van der Waals surface area contributed by atoms with Gasteiger partial charge in [-0.1, -0.05) is 15.9 Å². The monoisotopic (exact) mass is 311 g/mol. The van der Waals surface area contributed by atoms with Crippen LogP contribution in [-0.2, 0) is 13.6 Å². The molecule has 1 N–H and O–H groups in total. The van der Waals surface area contributed by atoms with E-state index in [0.29, 0.717) is 24.0 Å². The highest BCUT2D eigenvalue weighted by Gasteiger charge is 2.10. The van der Waals surface area contributed by atoms with Crippen molar-refractivity contribution in [3.05, 3.63) is 43.5 Å². The van der Waals surface area contributed by atoms with Gasteiger partial charge in [0.05, 0.1) is 10.9 Å². The van der Waals surface area contributed by atoms with E-state index >= 15 is 0 Å². The second-order valence-electron chi connectivity index (χ2n) is 4.06. The molecular weight excluding hydrogens is 298 g/mol. The number of rotatable bonds is 3. The maximum Gasteiger partial charge on any atom is 0.331 e. The fourth-order valence-corrected chi connectivity index (χ4v) is 2.27. The fraction of sp³-hybridized carbons (Fsp3) is 0.333. The Labute approximate surface area is 112 Å². The molecule has 0 bridgehead atoms. The lowest BCUT2D eigenvalue weighted by Crippen LogP contribution is -2.40. The first-order chi connectivity index (χ1) is 8.56. The van der Waals surface area contributed by atoms with Gasteiger partial charge in [-0.15, -0.1) is 0 Å². The summed E-state index contributed by atoms with van der Waals surface area (Å²) < 4.78 is 3.58. The van der Waals surface area contributed by atoms with E-state index < -0.39 is 0 Å². The Kier molecular flexibility index (Phi) is 3.68. The fourth-order valence-electron chi connectivity index (χ4n) is 1.91. The van der Waals surface area contributed by atoms with Crippen molar-refractivity contribution in [1.82, 2.24) is 14.5 Å². The lowest BCUT2D eigenvalue weighted by molar-refractivity contribution is 0.580. The zero-order valence-corrected chi connectivity index (χ0v) is 11.8. The average molecular weight is 312 g/mol. The Morgan fingerprint density at radius 1 is 1.33 bits per heavy atom. The van der Waals surface area contributed by atoms with E-state index in [0.717, 1.165) is 4.47 Å². The van der Waals surface area contributed by atoms with Gasteiger partial charge in [0.2, 0.25) is 0 Å². The van der Waals surface area contributed by atoms with Crippen molar-refractivity contribution in [3.8, 4) is 0 Å². The maximum absolute atomic E-state index is 12.3. The van der Waals surface area contributed by atoms with E-state index in [1.165, 1.54) is 9.13 Å². The molecule has 0 atom stereocenters. The number of fused-ring (bicyclic) bond motifs is 1. The lowest BCUT2D eigenvalue weighted by Gasteiger charge is -2.10. The van der Waals surface area contributed by atoms with Gasteiger partial charge in [0.25, 0.3) is 5.56 Å². The van der Waals surface area contributed by atoms with E-state index in [-0.39, 0.29) is 11.2 Å². The van der Waals surface area contributed by atoms with Crippen LogP contribution in [0.3, 0.4) is 0 Å². The number of likely N-dealkylation sites (N-methyl/N-ethyl adjacent to an activating group) is 1. The molecule has 0 saturated carbocycles. The number of aryl methyl sites for hydroxylation is 1. The topological polar surface area (TPSA) is 56.0 Å². The van der Waals surface area contributed by atoms with E-state index in [1.807, 2.05) is 6.07 Å². The highest BCUT2D eigenvalue weighted by molar-refractivity contribution is 9.10. The molecule has 2 aromatic rings. The molecule has 0 aliphatic rings. The first-order valence-electron chi connectivity index (χ1n) is 5.60. The lowest BCUT2D eigenvalue weighted by atomic mass is 10.2. The molecule has 18 heavy (non-hydrogen) atoms. The van der Waals surface area contributed by atoms with Crippen LogP contribution in [0.15, 0.2) is 32.3 Å². The molecule has 0 radical (unpaired) electrons. The van der Waals surface area contributed by atoms with Crippen molar-refractivity contribution >= 4 is 26.8 Å². The summed E-state index contributed by atoms with van der Waals surface area (Å²) in [6.07, 6.45) is 0. The van der Waals surface area contributed by atoms with Crippen molar-refractivity contribution in [2.75, 3.05) is 13.6 Å². The third-order valence-corrected chi connectivity index (χ3v) is 3.39. The van der Waals surface area contributed by atoms with Gasteiger partial charge < -0.3 is 5.32 Å². The summed E-state index contributed by atoms with van der Waals surface area (Å²) in [7, 11) is 3.46. The summed E-state index contributed by atoms with van der Waals surface area (Å²) >= 11 is 3.34. The molecule has 6 heteroatoms. The summed E-state index contributed by atoms with van der Waals surface area (Å²) in [5.41, 5.74) is 0.114. The minimum atomic E-state index is -0.287. The van der Waals surface area contributed by atoms with Crippen molar-refractivity contribution in [2.24, 2.45) is 7.05 Å². The Morgan fingerprint density at radius 3 is 2.72 bits per heavy atom. The molecule has 96 valence electrons. The van der Waals surface area contributed by atoms with E-state index in [9.17, 15) is 9.59 Å². The average Bonchev–Trinajstić information content (AvgIpc) is 2.36. The van der Waals surface area contributed by atoms with E-state index in [2.05, 4.69) is 21.2 Å². The molecule has 0 aliphatic carbocycles. The minimum absolute atomic E-state index is 0.246. The number of aromatic nitrogens is 2. The number of nitrogens with one attached hydrogen (secondary N) is 1. The molecule has 2 rings (SSSR count). The molecule has 0 aliphatic heterocycles. The third-order valence-electron chi connectivity index (χ3n) is 2.90. The Morgan fingerprint density at radius 2 is 2.06 bits per heavy atom. The molecule has 5 nitrogen and oxygen atoms in total. The summed E-state index contributed by atoms with van der Waals surface area (Å²) in [5, 5.41) is 3.48. The highest BCUT2D eigenvalue weighted by atomic mass is 79.9. The van der Waals surface area contributed by atoms with Gasteiger partial charge in [-0.3, -0.25) is 13.9 Å². The van der Waals surface area contributed by atoms with Crippen molar-refractivity contribution in [3.63, 3.8) is 0 Å². The number of hydrogen-bond donors (Lipinski definition) is 1. The molecule has 1 aromatic carbocycles. The van der Waals surface area contributed by atoms with Crippen LogP contribution >= 0.6 is 15.9 Å². The Hall–Kier alpha value is -1.40. The van der Waals surface area contributed by atoms with Crippen LogP contribution in [0.1, 0.15) is 0 Å². The van der Waals surface area contributed by atoms with Crippen LogP contribution in [0.5, 0.6) is 0 Å². The first-order valence-corrected chi connectivity index (χ1v) is 6.39. The van der Waals surface area contributed by atoms with Crippen LogP contribution in [-0.4, -0.2) is 22.7 Å². The summed E-state index contributed by atoms with van der Waals surface area (Å²) in [5.74, 6) is 0. The predicted molar refractivity (Wildman–Crippen MR) is 75.1 cm³/mol. The number of nitrogens with zero attached hydrogens (tertiary/aromatic N) is 2. The van der Waals surface area contributed by atoms with Gasteiger partial charge in [0, 0.05) is 24.6 Å². The smallest absolute Gasteiger partial charge is 0.318 e. The molecule has 0 saturated heterocycles. The van der Waals surface area contributed by atoms with Crippen LogP contribution < -0.4 is 16.6 Å². The molecule has 0 amide bonds. The molecule has 1 heterocycles. The zero-order chi connectivity index (χ0) is 13.3. The van der Waals surface area contributed by atoms with Crippen LogP contribution in [0.4, 0.5) is 0 Å². The van der Waals surface area contributed by atoms with Crippen LogP contribution in [0, 0.1) is 0 Å². The number of hydrogen-bond acceptors (Lipinski definition) is 3. The zero-order valence-electron chi connectivity index (χ0n) is 10.2. The Balaban J connectivity index is 2.80. The van der Waals surface area contributed by atoms with Gasteiger partial charge in [0.15, 0.2) is 0 Å². The van der Waals surface area contributed by atoms with Gasteiger partial charge in [-0.25, -0.2) is 4.79 Å². The van der Waals surface area contributed by atoms with Crippen molar-refractivity contribution in [2.45, 2.75) is 6.54 Å². The molecular formula is C12H14BrN3O2. The Bertz CT molecular complexity index is 703. The van der Waals surface area contributed by atoms with Gasteiger partial charge in [-0.05, 0) is 25.2 Å². The van der Waals surface area contributed by atoms with Crippen molar-refractivity contribution in [1.29, 1.82) is 0 Å². The first kappa shape index (κ1) is 13.0. The van der Waals surface area contributed by atoms with Crippen LogP contribution in [0.2, 0.25) is 0 Å². The van der Waals surface area contributed by atoms with E-state index in [4.69, 9.17) is 0 Å². The highest BCUT2D eigenvalue weighted by Crippen LogP contribution is 2.15. The summed E-state index contributed by atoms with van der Waals surface area (Å²) in [6.45, 7) is 0.944. The minimum Gasteiger partial charge on any atom is -0.318 e. The quantitative estimate of drug-likeness (QED) is 0.907. The SMILES string of the molecule is CNCCn1c(=O)c2cc(Br)ccc2n(C)c1=O. The third kappa shape index (κ3) is 2.13. The van der Waals surface area contributed by atoms with Crippen LogP contribution in [0.25, 0.3) is 10.9 Å². The predicted octanol–water partition coefficient (Wildman–Crippen LogP) is 0.682.